The first kappa shape index (κ1) is 17.3. The number of ether oxygens (including phenoxy) is 2. The molecule has 3 nitrogen and oxygen atoms in total. The van der Waals surface area contributed by atoms with E-state index < -0.39 is 0 Å². The summed E-state index contributed by atoms with van der Waals surface area (Å²) in [6.07, 6.45) is 7.77. The Morgan fingerprint density at radius 2 is 2.14 bits per heavy atom. The lowest BCUT2D eigenvalue weighted by Crippen LogP contribution is -2.12. The average Bonchev–Trinajstić information content (AvgIpc) is 2.53. The van der Waals surface area contributed by atoms with E-state index in [1.54, 1.807) is 13.2 Å². The Morgan fingerprint density at radius 1 is 1.33 bits per heavy atom. The van der Waals surface area contributed by atoms with Crippen molar-refractivity contribution in [3.8, 4) is 5.75 Å². The summed E-state index contributed by atoms with van der Waals surface area (Å²) in [5, 5.41) is 0. The van der Waals surface area contributed by atoms with Gasteiger partial charge in [-0.05, 0) is 36.1 Å². The van der Waals surface area contributed by atoms with Gasteiger partial charge in [0.2, 0.25) is 0 Å². The smallest absolute Gasteiger partial charge is 0.330 e. The molecule has 1 rings (SSSR count). The molecule has 0 saturated carbocycles. The fourth-order valence-corrected chi connectivity index (χ4v) is 2.06. The molecule has 0 amide bonds. The molecule has 116 valence electrons. The van der Waals surface area contributed by atoms with Crippen LogP contribution in [-0.2, 0) is 9.53 Å². The molecule has 1 aromatic carbocycles. The van der Waals surface area contributed by atoms with Crippen LogP contribution >= 0.6 is 0 Å². The first-order chi connectivity index (χ1) is 10.2. The number of hydrogen-bond donors (Lipinski definition) is 0. The van der Waals surface area contributed by atoms with E-state index >= 15 is 0 Å². The average molecular weight is 290 g/mol. The van der Waals surface area contributed by atoms with E-state index in [4.69, 9.17) is 9.47 Å². The number of methoxy groups -OCH3 is 1. The molecule has 1 unspecified atom stereocenters. The summed E-state index contributed by atoms with van der Waals surface area (Å²) in [4.78, 5) is 11.7. The number of carbonyl (C=O) groups is 1. The van der Waals surface area contributed by atoms with Gasteiger partial charge in [-0.15, -0.1) is 0 Å². The minimum Gasteiger partial charge on any atom is -0.497 e. The SMILES string of the molecule is CCCCC(CC)COC(=O)/C=C/c1cccc(OC)c1. The Kier molecular flexibility index (Phi) is 8.25. The molecule has 0 spiro atoms. The van der Waals surface area contributed by atoms with Crippen LogP contribution in [0.3, 0.4) is 0 Å². The van der Waals surface area contributed by atoms with Crippen molar-refractivity contribution >= 4 is 12.0 Å². The van der Waals surface area contributed by atoms with Crippen LogP contribution in [0.15, 0.2) is 30.3 Å². The van der Waals surface area contributed by atoms with Crippen LogP contribution in [0.1, 0.15) is 45.1 Å². The fourth-order valence-electron chi connectivity index (χ4n) is 2.06. The highest BCUT2D eigenvalue weighted by atomic mass is 16.5. The van der Waals surface area contributed by atoms with Crippen molar-refractivity contribution in [1.29, 1.82) is 0 Å². The van der Waals surface area contributed by atoms with Gasteiger partial charge < -0.3 is 9.47 Å². The zero-order chi connectivity index (χ0) is 15.5. The van der Waals surface area contributed by atoms with Gasteiger partial charge in [-0.3, -0.25) is 0 Å². The van der Waals surface area contributed by atoms with Crippen LogP contribution in [0, 0.1) is 5.92 Å². The van der Waals surface area contributed by atoms with Crippen LogP contribution in [0.2, 0.25) is 0 Å². The Bertz CT molecular complexity index is 452. The zero-order valence-corrected chi connectivity index (χ0v) is 13.3. The molecular formula is C18H26O3. The summed E-state index contributed by atoms with van der Waals surface area (Å²) in [6, 6.07) is 7.55. The van der Waals surface area contributed by atoms with Crippen molar-refractivity contribution in [3.05, 3.63) is 35.9 Å². The van der Waals surface area contributed by atoms with Gasteiger partial charge in [0, 0.05) is 6.08 Å². The summed E-state index contributed by atoms with van der Waals surface area (Å²) in [6.45, 7) is 4.83. The second-order valence-electron chi connectivity index (χ2n) is 5.16. The van der Waals surface area contributed by atoms with Crippen molar-refractivity contribution in [3.63, 3.8) is 0 Å². The lowest BCUT2D eigenvalue weighted by Gasteiger charge is -2.13. The zero-order valence-electron chi connectivity index (χ0n) is 13.3. The van der Waals surface area contributed by atoms with E-state index in [-0.39, 0.29) is 5.97 Å². The van der Waals surface area contributed by atoms with E-state index in [0.717, 1.165) is 24.2 Å². The normalized spacial score (nSPS) is 12.3. The van der Waals surface area contributed by atoms with Gasteiger partial charge in [-0.25, -0.2) is 4.79 Å². The summed E-state index contributed by atoms with van der Waals surface area (Å²) < 4.78 is 10.5. The molecule has 0 aliphatic rings. The molecule has 0 bridgehead atoms. The molecule has 21 heavy (non-hydrogen) atoms. The third-order valence-electron chi connectivity index (χ3n) is 3.51. The molecule has 0 saturated heterocycles. The topological polar surface area (TPSA) is 35.5 Å². The highest BCUT2D eigenvalue weighted by Crippen LogP contribution is 2.15. The van der Waals surface area contributed by atoms with Gasteiger partial charge >= 0.3 is 5.97 Å². The van der Waals surface area contributed by atoms with Crippen LogP contribution < -0.4 is 4.74 Å². The standard InChI is InChI=1S/C18H26O3/c1-4-6-8-15(5-2)14-21-18(19)12-11-16-9-7-10-17(13-16)20-3/h7,9-13,15H,4-6,8,14H2,1-3H3/b12-11+. The maximum atomic E-state index is 11.7. The highest BCUT2D eigenvalue weighted by molar-refractivity contribution is 5.87. The van der Waals surface area contributed by atoms with Gasteiger partial charge in [0.1, 0.15) is 5.75 Å². The number of esters is 1. The monoisotopic (exact) mass is 290 g/mol. The van der Waals surface area contributed by atoms with E-state index in [1.165, 1.54) is 18.9 Å². The van der Waals surface area contributed by atoms with Gasteiger partial charge in [-0.2, -0.15) is 0 Å². The molecule has 0 aliphatic heterocycles. The Morgan fingerprint density at radius 3 is 2.81 bits per heavy atom. The molecule has 0 heterocycles. The van der Waals surface area contributed by atoms with Crippen LogP contribution in [-0.4, -0.2) is 19.7 Å². The maximum absolute atomic E-state index is 11.7. The van der Waals surface area contributed by atoms with Crippen LogP contribution in [0.25, 0.3) is 6.08 Å². The van der Waals surface area contributed by atoms with E-state index in [0.29, 0.717) is 12.5 Å². The summed E-state index contributed by atoms with van der Waals surface area (Å²) in [7, 11) is 1.62. The summed E-state index contributed by atoms with van der Waals surface area (Å²) in [5.41, 5.74) is 0.921. The highest BCUT2D eigenvalue weighted by Gasteiger charge is 2.08. The Hall–Kier alpha value is -1.77. The fraction of sp³-hybridized carbons (Fsp3) is 0.500. The lowest BCUT2D eigenvalue weighted by atomic mass is 10.0. The predicted octanol–water partition coefficient (Wildman–Crippen LogP) is 4.47. The number of benzene rings is 1. The second-order valence-corrected chi connectivity index (χ2v) is 5.16. The Labute approximate surface area is 128 Å². The quantitative estimate of drug-likeness (QED) is 0.497. The number of carbonyl (C=O) groups excluding carboxylic acids is 1. The third kappa shape index (κ3) is 6.98. The second kappa shape index (κ2) is 10.0. The van der Waals surface area contributed by atoms with Crippen molar-refractivity contribution in [1.82, 2.24) is 0 Å². The summed E-state index contributed by atoms with van der Waals surface area (Å²) in [5.74, 6) is 0.961. The molecule has 0 fully saturated rings. The van der Waals surface area contributed by atoms with E-state index in [1.807, 2.05) is 24.3 Å². The third-order valence-corrected chi connectivity index (χ3v) is 3.51. The van der Waals surface area contributed by atoms with Crippen molar-refractivity contribution in [2.45, 2.75) is 39.5 Å². The molecule has 3 heteroatoms. The molecule has 0 aliphatic carbocycles. The van der Waals surface area contributed by atoms with Crippen molar-refractivity contribution < 1.29 is 14.3 Å². The predicted molar refractivity (Wildman–Crippen MR) is 86.3 cm³/mol. The van der Waals surface area contributed by atoms with Crippen molar-refractivity contribution in [2.24, 2.45) is 5.92 Å². The molecular weight excluding hydrogens is 264 g/mol. The van der Waals surface area contributed by atoms with Gasteiger partial charge in [0.25, 0.3) is 0 Å². The van der Waals surface area contributed by atoms with Crippen LogP contribution in [0.5, 0.6) is 5.75 Å². The van der Waals surface area contributed by atoms with E-state index in [2.05, 4.69) is 13.8 Å². The minimum atomic E-state index is -0.284. The summed E-state index contributed by atoms with van der Waals surface area (Å²) >= 11 is 0. The molecule has 1 aromatic rings. The van der Waals surface area contributed by atoms with Crippen LogP contribution in [0.4, 0.5) is 0 Å². The maximum Gasteiger partial charge on any atom is 0.330 e. The molecule has 0 N–H and O–H groups in total. The van der Waals surface area contributed by atoms with Crippen molar-refractivity contribution in [2.75, 3.05) is 13.7 Å². The first-order valence-corrected chi connectivity index (χ1v) is 7.68. The molecule has 1 atom stereocenters. The first-order valence-electron chi connectivity index (χ1n) is 7.68. The Balaban J connectivity index is 2.43. The minimum absolute atomic E-state index is 0.284. The number of unbranched alkanes of at least 4 members (excludes halogenated alkanes) is 1. The molecule has 0 radical (unpaired) electrons. The van der Waals surface area contributed by atoms with Gasteiger partial charge in [-0.1, -0.05) is 45.2 Å². The number of rotatable bonds is 9. The number of hydrogen-bond acceptors (Lipinski definition) is 3. The van der Waals surface area contributed by atoms with E-state index in [9.17, 15) is 4.79 Å². The molecule has 0 aromatic heterocycles. The lowest BCUT2D eigenvalue weighted by molar-refractivity contribution is -0.139. The largest absolute Gasteiger partial charge is 0.497 e. The van der Waals surface area contributed by atoms with Gasteiger partial charge in [0.15, 0.2) is 0 Å². The van der Waals surface area contributed by atoms with Gasteiger partial charge in [0.05, 0.1) is 13.7 Å².